The van der Waals surface area contributed by atoms with Crippen LogP contribution in [0.3, 0.4) is 0 Å². The maximum atomic E-state index is 12.3. The van der Waals surface area contributed by atoms with Crippen molar-refractivity contribution in [3.63, 3.8) is 0 Å². The van der Waals surface area contributed by atoms with Gasteiger partial charge in [0.15, 0.2) is 5.76 Å². The van der Waals surface area contributed by atoms with Crippen LogP contribution in [-0.2, 0) is 21.3 Å². The molecule has 6 heteroatoms. The van der Waals surface area contributed by atoms with Gasteiger partial charge in [0.05, 0.1) is 27.7 Å². The van der Waals surface area contributed by atoms with E-state index in [-0.39, 0.29) is 11.4 Å². The van der Waals surface area contributed by atoms with Gasteiger partial charge in [-0.05, 0) is 24.8 Å². The first kappa shape index (κ1) is 13.0. The topological polar surface area (TPSA) is 52.3 Å². The number of ether oxygens (including phenoxy) is 1. The fourth-order valence-corrected chi connectivity index (χ4v) is 4.40. The molecule has 1 aliphatic heterocycles. The lowest BCUT2D eigenvalue weighted by Gasteiger charge is -2.12. The molecule has 0 spiro atoms. The Morgan fingerprint density at radius 2 is 2.47 bits per heavy atom. The smallest absolute Gasteiger partial charge is 0.177 e. The molecule has 3 atom stereocenters. The second-order valence-electron chi connectivity index (χ2n) is 4.59. The quantitative estimate of drug-likeness (QED) is 0.871. The van der Waals surface area contributed by atoms with Crippen LogP contribution in [-0.4, -0.2) is 27.3 Å². The van der Waals surface area contributed by atoms with E-state index < -0.39 is 10.8 Å². The van der Waals surface area contributed by atoms with Crippen LogP contribution in [0.15, 0.2) is 28.1 Å². The summed E-state index contributed by atoms with van der Waals surface area (Å²) >= 11 is 1.60. The van der Waals surface area contributed by atoms with E-state index in [2.05, 4.69) is 5.16 Å². The van der Waals surface area contributed by atoms with Gasteiger partial charge in [-0.2, -0.15) is 0 Å². The Bertz CT molecular complexity index is 564. The second kappa shape index (κ2) is 5.56. The van der Waals surface area contributed by atoms with E-state index >= 15 is 0 Å². The van der Waals surface area contributed by atoms with E-state index in [1.54, 1.807) is 11.3 Å². The normalized spacial score (nSPS) is 24.7. The molecule has 3 rings (SSSR count). The molecule has 1 fully saturated rings. The van der Waals surface area contributed by atoms with Gasteiger partial charge in [-0.25, -0.2) is 0 Å². The zero-order valence-electron chi connectivity index (χ0n) is 10.6. The largest absolute Gasteiger partial charge is 0.377 e. The lowest BCUT2D eigenvalue weighted by Crippen LogP contribution is -2.24. The molecule has 0 aromatic carbocycles. The molecule has 0 N–H and O–H groups in total. The van der Waals surface area contributed by atoms with Gasteiger partial charge in [0.25, 0.3) is 0 Å². The Kier molecular flexibility index (Phi) is 3.81. The van der Waals surface area contributed by atoms with Crippen molar-refractivity contribution >= 4 is 22.1 Å². The zero-order chi connectivity index (χ0) is 13.2. The molecule has 0 radical (unpaired) electrons. The monoisotopic (exact) mass is 297 g/mol. The van der Waals surface area contributed by atoms with Crippen molar-refractivity contribution in [3.8, 4) is 10.6 Å². The average molecular weight is 297 g/mol. The molecule has 4 nitrogen and oxygen atoms in total. The minimum atomic E-state index is -0.954. The van der Waals surface area contributed by atoms with Gasteiger partial charge >= 0.3 is 0 Å². The Hall–Kier alpha value is -0.980. The third-order valence-corrected chi connectivity index (χ3v) is 6.02. The molecule has 0 saturated carbocycles. The van der Waals surface area contributed by atoms with E-state index in [1.807, 2.05) is 30.5 Å². The molecule has 1 saturated heterocycles. The Morgan fingerprint density at radius 3 is 3.16 bits per heavy atom. The Labute approximate surface area is 118 Å². The van der Waals surface area contributed by atoms with Crippen molar-refractivity contribution in [2.24, 2.45) is 0 Å². The van der Waals surface area contributed by atoms with E-state index in [0.717, 1.165) is 22.8 Å². The van der Waals surface area contributed by atoms with E-state index in [0.29, 0.717) is 12.4 Å². The Balaban J connectivity index is 1.69. The number of nitrogens with zero attached hydrogens (tertiary/aromatic N) is 1. The fraction of sp³-hybridized carbons (Fsp3) is 0.462. The van der Waals surface area contributed by atoms with Crippen molar-refractivity contribution in [2.45, 2.75) is 30.5 Å². The summed E-state index contributed by atoms with van der Waals surface area (Å²) in [6.07, 6.45) is 0.938. The van der Waals surface area contributed by atoms with Crippen LogP contribution >= 0.6 is 11.3 Å². The summed E-state index contributed by atoms with van der Waals surface area (Å²) in [5, 5.41) is 6.11. The molecule has 19 heavy (non-hydrogen) atoms. The summed E-state index contributed by atoms with van der Waals surface area (Å²) in [4.78, 5) is 1.04. The zero-order valence-corrected chi connectivity index (χ0v) is 12.2. The van der Waals surface area contributed by atoms with Crippen molar-refractivity contribution in [1.29, 1.82) is 0 Å². The standard InChI is InChI=1S/C13H15NO3S2/c1-9-13(4-5-16-9)19(15)8-10-7-11(17-14-10)12-3-2-6-18-12/h2-3,6-7,9,13H,4-5,8H2,1H3/t9-,13+,19+/m1/s1. The van der Waals surface area contributed by atoms with E-state index in [9.17, 15) is 4.21 Å². The molecule has 0 unspecified atom stereocenters. The molecule has 3 heterocycles. The third-order valence-electron chi connectivity index (χ3n) is 3.26. The number of hydrogen-bond acceptors (Lipinski definition) is 5. The van der Waals surface area contributed by atoms with Gasteiger partial charge in [0, 0.05) is 23.5 Å². The van der Waals surface area contributed by atoms with Gasteiger partial charge < -0.3 is 9.26 Å². The highest BCUT2D eigenvalue weighted by Crippen LogP contribution is 2.26. The molecule has 102 valence electrons. The van der Waals surface area contributed by atoms with Gasteiger partial charge in [-0.15, -0.1) is 11.3 Å². The van der Waals surface area contributed by atoms with Gasteiger partial charge in [-0.1, -0.05) is 11.2 Å². The fourth-order valence-electron chi connectivity index (χ4n) is 2.22. The van der Waals surface area contributed by atoms with Crippen molar-refractivity contribution in [2.75, 3.05) is 6.61 Å². The molecule has 0 amide bonds. The Morgan fingerprint density at radius 1 is 1.58 bits per heavy atom. The predicted molar refractivity (Wildman–Crippen MR) is 75.5 cm³/mol. The minimum absolute atomic E-state index is 0.0736. The number of rotatable bonds is 4. The summed E-state index contributed by atoms with van der Waals surface area (Å²) in [6.45, 7) is 2.69. The highest BCUT2D eigenvalue weighted by Gasteiger charge is 2.30. The van der Waals surface area contributed by atoms with Crippen LogP contribution in [0.5, 0.6) is 0 Å². The molecule has 2 aromatic rings. The predicted octanol–water partition coefficient (Wildman–Crippen LogP) is 2.83. The number of thiophene rings is 1. The number of aromatic nitrogens is 1. The van der Waals surface area contributed by atoms with Crippen LogP contribution in [0.4, 0.5) is 0 Å². The van der Waals surface area contributed by atoms with Crippen LogP contribution in [0.2, 0.25) is 0 Å². The minimum Gasteiger partial charge on any atom is -0.377 e. The maximum absolute atomic E-state index is 12.3. The first-order valence-electron chi connectivity index (χ1n) is 6.22. The van der Waals surface area contributed by atoms with Crippen LogP contribution in [0.25, 0.3) is 10.6 Å². The lowest BCUT2D eigenvalue weighted by atomic mass is 10.3. The highest BCUT2D eigenvalue weighted by atomic mass is 32.2. The van der Waals surface area contributed by atoms with Crippen LogP contribution < -0.4 is 0 Å². The van der Waals surface area contributed by atoms with Gasteiger partial charge in [0.2, 0.25) is 0 Å². The van der Waals surface area contributed by atoms with Crippen LogP contribution in [0.1, 0.15) is 19.0 Å². The average Bonchev–Trinajstić information content (AvgIpc) is 3.07. The van der Waals surface area contributed by atoms with Crippen molar-refractivity contribution in [3.05, 3.63) is 29.3 Å². The summed E-state index contributed by atoms with van der Waals surface area (Å²) in [6, 6.07) is 5.83. The molecule has 1 aliphatic rings. The van der Waals surface area contributed by atoms with Crippen LogP contribution in [0, 0.1) is 0 Å². The summed E-state index contributed by atoms with van der Waals surface area (Å²) in [5.41, 5.74) is 0.751. The van der Waals surface area contributed by atoms with Gasteiger partial charge in [0.1, 0.15) is 0 Å². The van der Waals surface area contributed by atoms with Crippen molar-refractivity contribution in [1.82, 2.24) is 5.16 Å². The third kappa shape index (κ3) is 2.80. The van der Waals surface area contributed by atoms with E-state index in [4.69, 9.17) is 9.26 Å². The first-order chi connectivity index (χ1) is 9.24. The number of hydrogen-bond donors (Lipinski definition) is 0. The summed E-state index contributed by atoms with van der Waals surface area (Å²) in [7, 11) is -0.954. The maximum Gasteiger partial charge on any atom is 0.177 e. The lowest BCUT2D eigenvalue weighted by molar-refractivity contribution is 0.127. The molecular weight excluding hydrogens is 282 g/mol. The molecular formula is C13H15NO3S2. The summed E-state index contributed by atoms with van der Waals surface area (Å²) in [5.74, 6) is 1.19. The molecule has 0 aliphatic carbocycles. The molecule has 2 aromatic heterocycles. The van der Waals surface area contributed by atoms with Crippen molar-refractivity contribution < 1.29 is 13.5 Å². The first-order valence-corrected chi connectivity index (χ1v) is 8.48. The van der Waals surface area contributed by atoms with Gasteiger partial charge in [-0.3, -0.25) is 4.21 Å². The SMILES string of the molecule is C[C@H]1OCC[C@@H]1[S@@](=O)Cc1cc(-c2cccs2)on1. The second-order valence-corrected chi connectivity index (χ2v) is 7.19. The highest BCUT2D eigenvalue weighted by molar-refractivity contribution is 7.84. The molecule has 0 bridgehead atoms. The summed E-state index contributed by atoms with van der Waals surface area (Å²) < 4.78 is 23.0. The van der Waals surface area contributed by atoms with E-state index in [1.165, 1.54) is 0 Å².